The van der Waals surface area contributed by atoms with Crippen LogP contribution in [-0.2, 0) is 0 Å². The van der Waals surface area contributed by atoms with Gasteiger partial charge < -0.3 is 5.32 Å². The van der Waals surface area contributed by atoms with Crippen molar-refractivity contribution in [3.8, 4) is 0 Å². The molecule has 0 saturated heterocycles. The molecule has 15 heavy (non-hydrogen) atoms. The summed E-state index contributed by atoms with van der Waals surface area (Å²) in [5, 5.41) is 3.34. The standard InChI is InChI=1S/C13H18N2/c1-10(2)12-5-8-15-9-13(12)11-3-6-14-7-4-11/h3,5,8-10,14H,4,6-7H2,1-2H3. The first kappa shape index (κ1) is 10.4. The lowest BCUT2D eigenvalue weighted by atomic mass is 9.92. The van der Waals surface area contributed by atoms with Crippen molar-refractivity contribution in [3.63, 3.8) is 0 Å². The van der Waals surface area contributed by atoms with E-state index in [0.717, 1.165) is 19.5 Å². The molecule has 2 rings (SSSR count). The van der Waals surface area contributed by atoms with Gasteiger partial charge in [0, 0.05) is 18.9 Å². The van der Waals surface area contributed by atoms with E-state index in [1.54, 1.807) is 0 Å². The van der Waals surface area contributed by atoms with Crippen molar-refractivity contribution in [3.05, 3.63) is 35.7 Å². The van der Waals surface area contributed by atoms with Crippen LogP contribution < -0.4 is 5.32 Å². The fourth-order valence-corrected chi connectivity index (χ4v) is 2.04. The van der Waals surface area contributed by atoms with Crippen LogP contribution >= 0.6 is 0 Å². The molecule has 0 aliphatic carbocycles. The largest absolute Gasteiger partial charge is 0.313 e. The smallest absolute Gasteiger partial charge is 0.0345 e. The minimum Gasteiger partial charge on any atom is -0.313 e. The fraction of sp³-hybridized carbons (Fsp3) is 0.462. The summed E-state index contributed by atoms with van der Waals surface area (Å²) in [6, 6.07) is 2.14. The second-order valence-electron chi connectivity index (χ2n) is 4.30. The highest BCUT2D eigenvalue weighted by molar-refractivity contribution is 5.69. The zero-order valence-electron chi connectivity index (χ0n) is 9.46. The quantitative estimate of drug-likeness (QED) is 0.797. The Labute approximate surface area is 91.4 Å². The summed E-state index contributed by atoms with van der Waals surface area (Å²) in [7, 11) is 0. The van der Waals surface area contributed by atoms with Gasteiger partial charge in [-0.2, -0.15) is 0 Å². The number of aromatic nitrogens is 1. The third kappa shape index (κ3) is 2.26. The molecule has 0 spiro atoms. The van der Waals surface area contributed by atoms with E-state index < -0.39 is 0 Å². The van der Waals surface area contributed by atoms with Crippen molar-refractivity contribution >= 4 is 5.57 Å². The Morgan fingerprint density at radius 2 is 2.27 bits per heavy atom. The lowest BCUT2D eigenvalue weighted by molar-refractivity contribution is 0.736. The van der Waals surface area contributed by atoms with E-state index in [0.29, 0.717) is 5.92 Å². The average Bonchev–Trinajstić information content (AvgIpc) is 2.30. The van der Waals surface area contributed by atoms with Crippen LogP contribution in [0.1, 0.15) is 37.3 Å². The van der Waals surface area contributed by atoms with Gasteiger partial charge in [0.25, 0.3) is 0 Å². The van der Waals surface area contributed by atoms with Crippen LogP contribution in [0.15, 0.2) is 24.5 Å². The van der Waals surface area contributed by atoms with Crippen LogP contribution in [0.2, 0.25) is 0 Å². The Morgan fingerprint density at radius 1 is 1.40 bits per heavy atom. The summed E-state index contributed by atoms with van der Waals surface area (Å²) >= 11 is 0. The average molecular weight is 202 g/mol. The molecule has 0 saturated carbocycles. The maximum atomic E-state index is 4.24. The number of nitrogens with one attached hydrogen (secondary N) is 1. The maximum absolute atomic E-state index is 4.24. The summed E-state index contributed by atoms with van der Waals surface area (Å²) in [6.45, 7) is 6.54. The zero-order valence-corrected chi connectivity index (χ0v) is 9.46. The first-order valence-corrected chi connectivity index (χ1v) is 5.63. The minimum atomic E-state index is 0.568. The Balaban J connectivity index is 2.38. The molecule has 0 radical (unpaired) electrons. The highest BCUT2D eigenvalue weighted by Gasteiger charge is 2.12. The van der Waals surface area contributed by atoms with Gasteiger partial charge in [-0.3, -0.25) is 4.98 Å². The Morgan fingerprint density at radius 3 is 2.93 bits per heavy atom. The molecule has 1 aliphatic rings. The number of hydrogen-bond acceptors (Lipinski definition) is 2. The van der Waals surface area contributed by atoms with Crippen molar-refractivity contribution in [1.82, 2.24) is 10.3 Å². The molecule has 1 aliphatic heterocycles. The lowest BCUT2D eigenvalue weighted by Gasteiger charge is -2.18. The zero-order chi connectivity index (χ0) is 10.7. The normalized spacial score (nSPS) is 16.6. The number of hydrogen-bond donors (Lipinski definition) is 1. The third-order valence-electron chi connectivity index (χ3n) is 2.89. The molecule has 0 bridgehead atoms. The van der Waals surface area contributed by atoms with Gasteiger partial charge in [0.1, 0.15) is 0 Å². The van der Waals surface area contributed by atoms with Gasteiger partial charge >= 0.3 is 0 Å². The molecule has 2 heterocycles. The molecule has 2 nitrogen and oxygen atoms in total. The highest BCUT2D eigenvalue weighted by atomic mass is 14.8. The fourth-order valence-electron chi connectivity index (χ4n) is 2.04. The first-order valence-electron chi connectivity index (χ1n) is 5.63. The number of rotatable bonds is 2. The molecule has 0 fully saturated rings. The van der Waals surface area contributed by atoms with Gasteiger partial charge in [-0.1, -0.05) is 19.9 Å². The van der Waals surface area contributed by atoms with Crippen molar-refractivity contribution < 1.29 is 0 Å². The van der Waals surface area contributed by atoms with Gasteiger partial charge in [-0.15, -0.1) is 0 Å². The molecular weight excluding hydrogens is 184 g/mol. The van der Waals surface area contributed by atoms with Crippen molar-refractivity contribution in [2.75, 3.05) is 13.1 Å². The summed E-state index contributed by atoms with van der Waals surface area (Å²) in [4.78, 5) is 4.24. The second-order valence-corrected chi connectivity index (χ2v) is 4.30. The Bertz CT molecular complexity index is 367. The van der Waals surface area contributed by atoms with Crippen LogP contribution in [0.4, 0.5) is 0 Å². The predicted octanol–water partition coefficient (Wildman–Crippen LogP) is 2.58. The molecule has 0 amide bonds. The first-order chi connectivity index (χ1) is 7.29. The molecule has 1 N–H and O–H groups in total. The molecule has 2 heteroatoms. The van der Waals surface area contributed by atoms with E-state index in [-0.39, 0.29) is 0 Å². The topological polar surface area (TPSA) is 24.9 Å². The van der Waals surface area contributed by atoms with Gasteiger partial charge in [0.05, 0.1) is 0 Å². The van der Waals surface area contributed by atoms with E-state index in [9.17, 15) is 0 Å². The third-order valence-corrected chi connectivity index (χ3v) is 2.89. The van der Waals surface area contributed by atoms with Crippen molar-refractivity contribution in [1.29, 1.82) is 0 Å². The highest BCUT2D eigenvalue weighted by Crippen LogP contribution is 2.27. The molecule has 0 unspecified atom stereocenters. The van der Waals surface area contributed by atoms with Gasteiger partial charge in [-0.05, 0) is 41.6 Å². The van der Waals surface area contributed by atoms with Gasteiger partial charge in [-0.25, -0.2) is 0 Å². The van der Waals surface area contributed by atoms with Gasteiger partial charge in [0.2, 0.25) is 0 Å². The summed E-state index contributed by atoms with van der Waals surface area (Å²) in [5.74, 6) is 0.568. The summed E-state index contributed by atoms with van der Waals surface area (Å²) in [6.07, 6.45) is 7.30. The van der Waals surface area contributed by atoms with Crippen LogP contribution in [-0.4, -0.2) is 18.1 Å². The Kier molecular flexibility index (Phi) is 3.17. The van der Waals surface area contributed by atoms with E-state index >= 15 is 0 Å². The number of nitrogens with zero attached hydrogens (tertiary/aromatic N) is 1. The van der Waals surface area contributed by atoms with Crippen molar-refractivity contribution in [2.24, 2.45) is 0 Å². The summed E-state index contributed by atoms with van der Waals surface area (Å²) < 4.78 is 0. The van der Waals surface area contributed by atoms with Crippen LogP contribution in [0.3, 0.4) is 0 Å². The maximum Gasteiger partial charge on any atom is 0.0345 e. The van der Waals surface area contributed by atoms with Crippen LogP contribution in [0.5, 0.6) is 0 Å². The van der Waals surface area contributed by atoms with Crippen LogP contribution in [0.25, 0.3) is 5.57 Å². The Hall–Kier alpha value is -1.15. The van der Waals surface area contributed by atoms with Crippen LogP contribution in [0, 0.1) is 0 Å². The molecule has 1 aromatic rings. The van der Waals surface area contributed by atoms with Gasteiger partial charge in [0.15, 0.2) is 0 Å². The van der Waals surface area contributed by atoms with E-state index in [2.05, 4.69) is 36.3 Å². The molecule has 80 valence electrons. The van der Waals surface area contributed by atoms with Crippen molar-refractivity contribution in [2.45, 2.75) is 26.2 Å². The van der Waals surface area contributed by atoms with E-state index in [1.807, 2.05) is 12.4 Å². The number of pyridine rings is 1. The molecule has 0 atom stereocenters. The monoisotopic (exact) mass is 202 g/mol. The minimum absolute atomic E-state index is 0.568. The van der Waals surface area contributed by atoms with E-state index in [4.69, 9.17) is 0 Å². The second kappa shape index (κ2) is 4.58. The predicted molar refractivity (Wildman–Crippen MR) is 63.8 cm³/mol. The molecular formula is C13H18N2. The molecule has 0 aromatic carbocycles. The molecule has 1 aromatic heterocycles. The summed E-state index contributed by atoms with van der Waals surface area (Å²) in [5.41, 5.74) is 4.21. The lowest BCUT2D eigenvalue weighted by Crippen LogP contribution is -2.20. The van der Waals surface area contributed by atoms with E-state index in [1.165, 1.54) is 16.7 Å². The SMILES string of the molecule is CC(C)c1ccncc1C1=CCNCC1.